The fourth-order valence-electron chi connectivity index (χ4n) is 2.19. The summed E-state index contributed by atoms with van der Waals surface area (Å²) < 4.78 is 0. The molecule has 104 valence electrons. The van der Waals surface area contributed by atoms with Crippen molar-refractivity contribution >= 4 is 27.9 Å². The Bertz CT molecular complexity index is 467. The number of nitrogens with zero attached hydrogens (tertiary/aromatic N) is 2. The van der Waals surface area contributed by atoms with Crippen molar-refractivity contribution in [3.63, 3.8) is 0 Å². The number of hydrogen-bond acceptors (Lipinski definition) is 4. The van der Waals surface area contributed by atoms with Gasteiger partial charge in [-0.2, -0.15) is 0 Å². The van der Waals surface area contributed by atoms with Gasteiger partial charge in [0.2, 0.25) is 5.91 Å². The third-order valence-corrected chi connectivity index (χ3v) is 3.93. The van der Waals surface area contributed by atoms with E-state index in [-0.39, 0.29) is 5.91 Å². The van der Waals surface area contributed by atoms with E-state index in [1.54, 1.807) is 0 Å². The van der Waals surface area contributed by atoms with Gasteiger partial charge in [0, 0.05) is 25.4 Å². The van der Waals surface area contributed by atoms with Crippen molar-refractivity contribution in [3.05, 3.63) is 17.2 Å². The fraction of sp³-hybridized carbons (Fsp3) is 0.571. The Morgan fingerprint density at radius 1 is 1.58 bits per heavy atom. The second-order valence-corrected chi connectivity index (χ2v) is 5.72. The highest BCUT2D eigenvalue weighted by atomic mass is 32.1. The molecule has 19 heavy (non-hydrogen) atoms. The maximum absolute atomic E-state index is 11.0. The van der Waals surface area contributed by atoms with Gasteiger partial charge in [-0.25, -0.2) is 4.98 Å². The summed E-state index contributed by atoms with van der Waals surface area (Å²) in [6, 6.07) is 0. The molecule has 1 aliphatic heterocycles. The Hall–Kier alpha value is -1.20. The number of carbonyl (C=O) groups is 1. The van der Waals surface area contributed by atoms with Crippen LogP contribution in [0.2, 0.25) is 0 Å². The van der Waals surface area contributed by atoms with Crippen LogP contribution in [0.3, 0.4) is 0 Å². The molecule has 1 aliphatic rings. The molecule has 1 aromatic heterocycles. The lowest BCUT2D eigenvalue weighted by Crippen LogP contribution is -2.30. The van der Waals surface area contributed by atoms with Gasteiger partial charge in [0.25, 0.3) is 0 Å². The van der Waals surface area contributed by atoms with Crippen LogP contribution < -0.4 is 5.32 Å². The molecule has 0 saturated heterocycles. The average molecular weight is 279 g/mol. The first-order valence-corrected chi connectivity index (χ1v) is 7.72. The van der Waals surface area contributed by atoms with Gasteiger partial charge in [0.1, 0.15) is 0 Å². The van der Waals surface area contributed by atoms with Crippen LogP contribution in [0.15, 0.2) is 11.5 Å². The fourth-order valence-corrected chi connectivity index (χ4v) is 2.97. The van der Waals surface area contributed by atoms with Crippen LogP contribution >= 0.6 is 11.3 Å². The molecule has 1 amide bonds. The van der Waals surface area contributed by atoms with Crippen molar-refractivity contribution in [1.82, 2.24) is 9.88 Å². The van der Waals surface area contributed by atoms with Crippen molar-refractivity contribution < 1.29 is 4.79 Å². The maximum Gasteiger partial charge on any atom is 0.223 e. The molecular formula is C14H21N3OS. The SMILES string of the molecule is CCCCN1CCC=C(c2csc(NC(C)=O)n2)C1. The largest absolute Gasteiger partial charge is 0.302 e. The zero-order valence-electron chi connectivity index (χ0n) is 11.6. The summed E-state index contributed by atoms with van der Waals surface area (Å²) in [4.78, 5) is 18.0. The van der Waals surface area contributed by atoms with Gasteiger partial charge in [-0.3, -0.25) is 9.69 Å². The predicted octanol–water partition coefficient (Wildman–Crippen LogP) is 2.99. The lowest BCUT2D eigenvalue weighted by Gasteiger charge is -2.26. The van der Waals surface area contributed by atoms with Gasteiger partial charge in [-0.05, 0) is 25.0 Å². The zero-order chi connectivity index (χ0) is 13.7. The Kier molecular flexibility index (Phi) is 5.10. The van der Waals surface area contributed by atoms with Gasteiger partial charge in [0.15, 0.2) is 5.13 Å². The van der Waals surface area contributed by atoms with Gasteiger partial charge in [-0.15, -0.1) is 11.3 Å². The van der Waals surface area contributed by atoms with Gasteiger partial charge in [0.05, 0.1) is 5.69 Å². The van der Waals surface area contributed by atoms with E-state index in [0.29, 0.717) is 5.13 Å². The van der Waals surface area contributed by atoms with Crippen LogP contribution in [-0.2, 0) is 4.79 Å². The van der Waals surface area contributed by atoms with E-state index in [1.165, 1.54) is 36.7 Å². The summed E-state index contributed by atoms with van der Waals surface area (Å²) in [5, 5.41) is 5.45. The molecule has 1 N–H and O–H groups in total. The Morgan fingerprint density at radius 3 is 3.16 bits per heavy atom. The standard InChI is InChI=1S/C14H21N3OS/c1-3-4-7-17-8-5-6-12(9-17)13-10-19-14(16-13)15-11(2)18/h6,10H,3-5,7-9H2,1-2H3,(H,15,16,18). The number of thiazole rings is 1. The van der Waals surface area contributed by atoms with Crippen LogP contribution in [0.1, 0.15) is 38.8 Å². The molecule has 0 spiro atoms. The normalized spacial score (nSPS) is 16.2. The summed E-state index contributed by atoms with van der Waals surface area (Å²) in [7, 11) is 0. The number of anilines is 1. The predicted molar refractivity (Wildman–Crippen MR) is 80.4 cm³/mol. The first-order valence-electron chi connectivity index (χ1n) is 6.84. The second-order valence-electron chi connectivity index (χ2n) is 4.87. The van der Waals surface area contributed by atoms with Crippen molar-refractivity contribution in [2.45, 2.75) is 33.1 Å². The van der Waals surface area contributed by atoms with Crippen molar-refractivity contribution in [2.75, 3.05) is 25.0 Å². The van der Waals surface area contributed by atoms with Gasteiger partial charge < -0.3 is 5.32 Å². The van der Waals surface area contributed by atoms with E-state index in [1.807, 2.05) is 5.38 Å². The molecule has 0 saturated carbocycles. The van der Waals surface area contributed by atoms with Crippen molar-refractivity contribution in [3.8, 4) is 0 Å². The highest BCUT2D eigenvalue weighted by Gasteiger charge is 2.15. The minimum Gasteiger partial charge on any atom is -0.302 e. The van der Waals surface area contributed by atoms with Crippen molar-refractivity contribution in [1.29, 1.82) is 0 Å². The number of unbranched alkanes of at least 4 members (excludes halogenated alkanes) is 1. The molecule has 2 heterocycles. The molecule has 0 atom stereocenters. The van der Waals surface area contributed by atoms with Crippen LogP contribution in [0.25, 0.3) is 5.57 Å². The van der Waals surface area contributed by atoms with E-state index in [2.05, 4.69) is 28.2 Å². The summed E-state index contributed by atoms with van der Waals surface area (Å²) in [5.74, 6) is -0.0666. The Labute approximate surface area is 118 Å². The molecule has 0 bridgehead atoms. The maximum atomic E-state index is 11.0. The van der Waals surface area contributed by atoms with Crippen LogP contribution in [0.4, 0.5) is 5.13 Å². The first-order chi connectivity index (χ1) is 9.19. The smallest absolute Gasteiger partial charge is 0.223 e. The average Bonchev–Trinajstić information content (AvgIpc) is 2.84. The molecule has 0 radical (unpaired) electrons. The topological polar surface area (TPSA) is 45.2 Å². The summed E-state index contributed by atoms with van der Waals surface area (Å²) in [5.41, 5.74) is 2.30. The third kappa shape index (κ3) is 4.14. The number of amides is 1. The molecule has 4 nitrogen and oxygen atoms in total. The third-order valence-electron chi connectivity index (χ3n) is 3.17. The molecular weight excluding hydrogens is 258 g/mol. The first kappa shape index (κ1) is 14.2. The van der Waals surface area contributed by atoms with E-state index < -0.39 is 0 Å². The summed E-state index contributed by atoms with van der Waals surface area (Å²) in [6.45, 7) is 7.01. The minimum atomic E-state index is -0.0666. The molecule has 0 fully saturated rings. The lowest BCUT2D eigenvalue weighted by molar-refractivity contribution is -0.114. The second kappa shape index (κ2) is 6.82. The summed E-state index contributed by atoms with van der Waals surface area (Å²) in [6.07, 6.45) is 5.85. The zero-order valence-corrected chi connectivity index (χ0v) is 12.4. The Morgan fingerprint density at radius 2 is 2.42 bits per heavy atom. The minimum absolute atomic E-state index is 0.0666. The van der Waals surface area contributed by atoms with Crippen molar-refractivity contribution in [2.24, 2.45) is 0 Å². The monoisotopic (exact) mass is 279 g/mol. The van der Waals surface area contributed by atoms with E-state index in [4.69, 9.17) is 0 Å². The van der Waals surface area contributed by atoms with E-state index >= 15 is 0 Å². The number of aromatic nitrogens is 1. The van der Waals surface area contributed by atoms with Gasteiger partial charge >= 0.3 is 0 Å². The molecule has 1 aromatic rings. The molecule has 2 rings (SSSR count). The molecule has 0 aromatic carbocycles. The number of rotatable bonds is 5. The Balaban J connectivity index is 1.99. The highest BCUT2D eigenvalue weighted by molar-refractivity contribution is 7.14. The molecule has 0 unspecified atom stereocenters. The number of nitrogens with one attached hydrogen (secondary N) is 1. The number of hydrogen-bond donors (Lipinski definition) is 1. The number of carbonyl (C=O) groups excluding carboxylic acids is 1. The van der Waals surface area contributed by atoms with E-state index in [0.717, 1.165) is 31.7 Å². The van der Waals surface area contributed by atoms with Crippen LogP contribution in [0.5, 0.6) is 0 Å². The molecule has 5 heteroatoms. The van der Waals surface area contributed by atoms with E-state index in [9.17, 15) is 4.79 Å². The summed E-state index contributed by atoms with van der Waals surface area (Å²) >= 11 is 1.49. The van der Waals surface area contributed by atoms with Gasteiger partial charge in [-0.1, -0.05) is 19.4 Å². The molecule has 0 aliphatic carbocycles. The quantitative estimate of drug-likeness (QED) is 0.901. The lowest BCUT2D eigenvalue weighted by atomic mass is 10.1. The van der Waals surface area contributed by atoms with Crippen LogP contribution in [0, 0.1) is 0 Å². The van der Waals surface area contributed by atoms with Crippen LogP contribution in [-0.4, -0.2) is 35.4 Å². The highest BCUT2D eigenvalue weighted by Crippen LogP contribution is 2.25.